The molecule has 17 heavy (non-hydrogen) atoms. The van der Waals surface area contributed by atoms with E-state index in [2.05, 4.69) is 0 Å². The van der Waals surface area contributed by atoms with E-state index >= 15 is 0 Å². The third-order valence-electron chi connectivity index (χ3n) is 2.58. The van der Waals surface area contributed by atoms with Crippen LogP contribution in [0, 0.1) is 5.82 Å². The van der Waals surface area contributed by atoms with Crippen molar-refractivity contribution in [1.82, 2.24) is 4.90 Å². The number of nitrogens with zero attached hydrogens (tertiary/aromatic N) is 1. The van der Waals surface area contributed by atoms with E-state index in [-0.39, 0.29) is 17.5 Å². The molecule has 0 aliphatic rings. The quantitative estimate of drug-likeness (QED) is 0.836. The van der Waals surface area contributed by atoms with Crippen LogP contribution in [0.4, 0.5) is 4.39 Å². The van der Waals surface area contributed by atoms with Gasteiger partial charge in [-0.1, -0.05) is 24.4 Å². The predicted octanol–water partition coefficient (Wildman–Crippen LogP) is 1.96. The Morgan fingerprint density at radius 3 is 2.65 bits per heavy atom. The first kappa shape index (κ1) is 13.6. The Kier molecular flexibility index (Phi) is 4.57. The first-order valence-electron chi connectivity index (χ1n) is 5.23. The average Bonchev–Trinajstić information content (AvgIpc) is 2.27. The predicted molar refractivity (Wildman–Crippen MR) is 69.4 cm³/mol. The van der Waals surface area contributed by atoms with Gasteiger partial charge in [0.1, 0.15) is 5.82 Å². The van der Waals surface area contributed by atoms with Crippen LogP contribution >= 0.6 is 12.2 Å². The van der Waals surface area contributed by atoms with Crippen LogP contribution in [0.25, 0.3) is 0 Å². The number of hydrogen-bond donors (Lipinski definition) is 1. The second-order valence-corrected chi connectivity index (χ2v) is 4.44. The van der Waals surface area contributed by atoms with Crippen molar-refractivity contribution in [2.24, 2.45) is 5.73 Å². The molecule has 1 atom stereocenters. The second-order valence-electron chi connectivity index (χ2n) is 3.92. The molecule has 0 aliphatic carbocycles. The van der Waals surface area contributed by atoms with Gasteiger partial charge in [0.05, 0.1) is 10.6 Å². The Labute approximate surface area is 105 Å². The summed E-state index contributed by atoms with van der Waals surface area (Å²) in [5, 5.41) is 0. The zero-order valence-corrected chi connectivity index (χ0v) is 10.6. The van der Waals surface area contributed by atoms with Crippen molar-refractivity contribution in [1.29, 1.82) is 0 Å². The molecule has 2 N–H and O–H groups in total. The van der Waals surface area contributed by atoms with Crippen LogP contribution in [0.1, 0.15) is 23.7 Å². The van der Waals surface area contributed by atoms with Gasteiger partial charge in [-0.3, -0.25) is 4.79 Å². The fourth-order valence-corrected chi connectivity index (χ4v) is 1.69. The van der Waals surface area contributed by atoms with Crippen molar-refractivity contribution >= 4 is 23.1 Å². The summed E-state index contributed by atoms with van der Waals surface area (Å²) < 4.78 is 13.4. The number of halogens is 1. The molecule has 0 saturated carbocycles. The lowest BCUT2D eigenvalue weighted by Crippen LogP contribution is -2.37. The summed E-state index contributed by atoms with van der Waals surface area (Å²) in [5.41, 5.74) is 5.48. The zero-order valence-electron chi connectivity index (χ0n) is 9.81. The first-order valence-corrected chi connectivity index (χ1v) is 5.64. The summed E-state index contributed by atoms with van der Waals surface area (Å²) in [5.74, 6) is -0.890. The summed E-state index contributed by atoms with van der Waals surface area (Å²) in [7, 11) is 1.61. The van der Waals surface area contributed by atoms with Crippen LogP contribution in [-0.4, -0.2) is 28.9 Å². The molecule has 3 nitrogen and oxygen atoms in total. The molecule has 1 aromatic rings. The average molecular weight is 254 g/mol. The number of benzene rings is 1. The van der Waals surface area contributed by atoms with E-state index in [9.17, 15) is 9.18 Å². The molecular formula is C12H15FN2OS. The fourth-order valence-electron chi connectivity index (χ4n) is 1.45. The smallest absolute Gasteiger partial charge is 0.256 e. The van der Waals surface area contributed by atoms with Crippen molar-refractivity contribution in [2.75, 3.05) is 7.05 Å². The van der Waals surface area contributed by atoms with Gasteiger partial charge in [0.2, 0.25) is 0 Å². The van der Waals surface area contributed by atoms with Gasteiger partial charge in [-0.05, 0) is 19.1 Å². The van der Waals surface area contributed by atoms with E-state index in [1.807, 2.05) is 6.92 Å². The van der Waals surface area contributed by atoms with Gasteiger partial charge in [0, 0.05) is 19.5 Å². The molecule has 0 aromatic heterocycles. The molecule has 1 amide bonds. The van der Waals surface area contributed by atoms with Crippen molar-refractivity contribution in [3.05, 3.63) is 35.6 Å². The van der Waals surface area contributed by atoms with Gasteiger partial charge in [0.15, 0.2) is 0 Å². The molecule has 0 aliphatic heterocycles. The number of thiocarbonyl (C=S) groups is 1. The van der Waals surface area contributed by atoms with Gasteiger partial charge in [0.25, 0.3) is 5.91 Å². The molecule has 0 spiro atoms. The maximum atomic E-state index is 13.4. The van der Waals surface area contributed by atoms with E-state index in [4.69, 9.17) is 18.0 Å². The second kappa shape index (κ2) is 5.72. The summed E-state index contributed by atoms with van der Waals surface area (Å²) in [6.45, 7) is 1.82. The fraction of sp³-hybridized carbons (Fsp3) is 0.333. The largest absolute Gasteiger partial charge is 0.393 e. The van der Waals surface area contributed by atoms with Gasteiger partial charge >= 0.3 is 0 Å². The highest BCUT2D eigenvalue weighted by Gasteiger charge is 2.20. The van der Waals surface area contributed by atoms with E-state index in [1.54, 1.807) is 19.2 Å². The highest BCUT2D eigenvalue weighted by molar-refractivity contribution is 7.80. The Morgan fingerprint density at radius 1 is 1.53 bits per heavy atom. The standard InChI is InChI=1S/C12H15FN2OS/c1-8(7-11(14)17)15(2)12(16)9-5-3-4-6-10(9)13/h3-6,8H,7H2,1-2H3,(H2,14,17). The molecule has 92 valence electrons. The van der Waals surface area contributed by atoms with Crippen LogP contribution in [0.15, 0.2) is 24.3 Å². The lowest BCUT2D eigenvalue weighted by atomic mass is 10.1. The minimum Gasteiger partial charge on any atom is -0.393 e. The summed E-state index contributed by atoms with van der Waals surface area (Å²) >= 11 is 4.79. The van der Waals surface area contributed by atoms with Crippen LogP contribution in [-0.2, 0) is 0 Å². The van der Waals surface area contributed by atoms with Gasteiger partial charge < -0.3 is 10.6 Å². The number of rotatable bonds is 4. The molecule has 0 fully saturated rings. The minimum atomic E-state index is -0.521. The summed E-state index contributed by atoms with van der Waals surface area (Å²) in [6.07, 6.45) is 0.423. The van der Waals surface area contributed by atoms with Crippen molar-refractivity contribution in [3.8, 4) is 0 Å². The first-order chi connectivity index (χ1) is 7.93. The third-order valence-corrected chi connectivity index (χ3v) is 2.75. The Balaban J connectivity index is 2.83. The number of amides is 1. The Hall–Kier alpha value is -1.49. The highest BCUT2D eigenvalue weighted by atomic mass is 32.1. The maximum Gasteiger partial charge on any atom is 0.256 e. The highest BCUT2D eigenvalue weighted by Crippen LogP contribution is 2.12. The van der Waals surface area contributed by atoms with E-state index in [0.29, 0.717) is 11.4 Å². The third kappa shape index (κ3) is 3.49. The maximum absolute atomic E-state index is 13.4. The Bertz CT molecular complexity index is 436. The lowest BCUT2D eigenvalue weighted by Gasteiger charge is -2.24. The topological polar surface area (TPSA) is 46.3 Å². The summed E-state index contributed by atoms with van der Waals surface area (Å²) in [6, 6.07) is 5.74. The molecule has 0 radical (unpaired) electrons. The summed E-state index contributed by atoms with van der Waals surface area (Å²) in [4.78, 5) is 13.8. The van der Waals surface area contributed by atoms with Crippen molar-refractivity contribution in [2.45, 2.75) is 19.4 Å². The van der Waals surface area contributed by atoms with Crippen molar-refractivity contribution < 1.29 is 9.18 Å². The van der Waals surface area contributed by atoms with E-state index < -0.39 is 5.82 Å². The van der Waals surface area contributed by atoms with Gasteiger partial charge in [-0.15, -0.1) is 0 Å². The number of carbonyl (C=O) groups excluding carboxylic acids is 1. The van der Waals surface area contributed by atoms with Crippen molar-refractivity contribution in [3.63, 3.8) is 0 Å². The molecular weight excluding hydrogens is 239 g/mol. The molecule has 1 unspecified atom stereocenters. The molecule has 0 saturated heterocycles. The molecule has 1 aromatic carbocycles. The van der Waals surface area contributed by atoms with Crippen LogP contribution in [0.3, 0.4) is 0 Å². The van der Waals surface area contributed by atoms with E-state index in [0.717, 1.165) is 0 Å². The Morgan fingerprint density at radius 2 is 2.12 bits per heavy atom. The van der Waals surface area contributed by atoms with Crippen LogP contribution in [0.5, 0.6) is 0 Å². The lowest BCUT2D eigenvalue weighted by molar-refractivity contribution is 0.0743. The minimum absolute atomic E-state index is 0.0600. The number of hydrogen-bond acceptors (Lipinski definition) is 2. The van der Waals surface area contributed by atoms with E-state index in [1.165, 1.54) is 17.0 Å². The molecule has 0 heterocycles. The van der Waals surface area contributed by atoms with Gasteiger partial charge in [-0.2, -0.15) is 0 Å². The number of nitrogens with two attached hydrogens (primary N) is 1. The monoisotopic (exact) mass is 254 g/mol. The van der Waals surface area contributed by atoms with Crippen LogP contribution < -0.4 is 5.73 Å². The molecule has 0 bridgehead atoms. The molecule has 5 heteroatoms. The zero-order chi connectivity index (χ0) is 13.0. The normalized spacial score (nSPS) is 11.9. The SMILES string of the molecule is CC(CC(N)=S)N(C)C(=O)c1ccccc1F. The number of carbonyl (C=O) groups is 1. The molecule has 1 rings (SSSR count). The van der Waals surface area contributed by atoms with Crippen LogP contribution in [0.2, 0.25) is 0 Å². The van der Waals surface area contributed by atoms with Gasteiger partial charge in [-0.25, -0.2) is 4.39 Å².